The van der Waals surface area contributed by atoms with Crippen LogP contribution in [0.5, 0.6) is 0 Å². The van der Waals surface area contributed by atoms with Gasteiger partial charge in [0.05, 0.1) is 10.8 Å². The molecular formula is C20H18N4O5. The number of rotatable bonds is 3. The average Bonchev–Trinajstić information content (AvgIpc) is 3.35. The highest BCUT2D eigenvalue weighted by molar-refractivity contribution is 6.07. The summed E-state index contributed by atoms with van der Waals surface area (Å²) in [6, 6.07) is 11.7. The first-order valence-corrected chi connectivity index (χ1v) is 9.52. The Morgan fingerprint density at radius 1 is 1.10 bits per heavy atom. The fourth-order valence-corrected chi connectivity index (χ4v) is 5.62. The van der Waals surface area contributed by atoms with Crippen LogP contribution in [0.3, 0.4) is 0 Å². The standard InChI is InChI=1S/C20H18N4O5/c25-19-20(14-7-1-2-8-15(14)21-19)18(24(28)29)17(16-9-4-10-22(16)20)12-5-3-6-13(11-12)23(26)27/h1-3,5-8,11,16-18H,4,9-10H2,(H,21,25)/t16-,17-,18-,20+/m1/s1. The van der Waals surface area contributed by atoms with Crippen LogP contribution in [0.1, 0.15) is 29.9 Å². The molecule has 1 N–H and O–H groups in total. The van der Waals surface area contributed by atoms with Crippen molar-refractivity contribution in [3.05, 3.63) is 79.9 Å². The third-order valence-electron chi connectivity index (χ3n) is 6.56. The Kier molecular flexibility index (Phi) is 3.72. The Balaban J connectivity index is 1.75. The van der Waals surface area contributed by atoms with E-state index in [0.717, 1.165) is 6.42 Å². The van der Waals surface area contributed by atoms with Gasteiger partial charge < -0.3 is 5.32 Å². The van der Waals surface area contributed by atoms with Gasteiger partial charge in [0.2, 0.25) is 0 Å². The van der Waals surface area contributed by atoms with Crippen molar-refractivity contribution in [2.24, 2.45) is 0 Å². The van der Waals surface area contributed by atoms with E-state index in [1.807, 2.05) is 4.90 Å². The van der Waals surface area contributed by atoms with Crippen molar-refractivity contribution in [2.75, 3.05) is 11.9 Å². The molecule has 148 valence electrons. The van der Waals surface area contributed by atoms with Gasteiger partial charge in [-0.05, 0) is 24.5 Å². The quantitative estimate of drug-likeness (QED) is 0.631. The first-order chi connectivity index (χ1) is 14.0. The number of hydrogen-bond donors (Lipinski definition) is 1. The summed E-state index contributed by atoms with van der Waals surface area (Å²) in [5.41, 5.74) is 0.232. The molecule has 0 aliphatic carbocycles. The van der Waals surface area contributed by atoms with Crippen LogP contribution in [-0.4, -0.2) is 39.3 Å². The lowest BCUT2D eigenvalue weighted by Crippen LogP contribution is -2.55. The molecule has 2 saturated heterocycles. The number of para-hydroxylation sites is 1. The van der Waals surface area contributed by atoms with Crippen molar-refractivity contribution in [1.29, 1.82) is 0 Å². The van der Waals surface area contributed by atoms with Crippen molar-refractivity contribution in [3.8, 4) is 0 Å². The normalized spacial score (nSPS) is 30.2. The highest BCUT2D eigenvalue weighted by Gasteiger charge is 2.73. The molecule has 9 heteroatoms. The van der Waals surface area contributed by atoms with Gasteiger partial charge in [0.1, 0.15) is 0 Å². The third kappa shape index (κ3) is 2.21. The second-order valence-electron chi connectivity index (χ2n) is 7.78. The number of benzene rings is 2. The molecule has 0 radical (unpaired) electrons. The summed E-state index contributed by atoms with van der Waals surface area (Å²) < 4.78 is 0. The minimum atomic E-state index is -1.41. The van der Waals surface area contributed by atoms with E-state index < -0.39 is 22.4 Å². The van der Waals surface area contributed by atoms with Gasteiger partial charge in [0, 0.05) is 40.9 Å². The van der Waals surface area contributed by atoms with Crippen LogP contribution < -0.4 is 5.32 Å². The van der Waals surface area contributed by atoms with Gasteiger partial charge in [0.15, 0.2) is 5.54 Å². The summed E-state index contributed by atoms with van der Waals surface area (Å²) in [6.45, 7) is 0.572. The lowest BCUT2D eigenvalue weighted by Gasteiger charge is -2.32. The van der Waals surface area contributed by atoms with Crippen LogP contribution >= 0.6 is 0 Å². The molecule has 0 aromatic heterocycles. The Morgan fingerprint density at radius 3 is 2.66 bits per heavy atom. The molecule has 5 rings (SSSR count). The van der Waals surface area contributed by atoms with E-state index >= 15 is 0 Å². The minimum Gasteiger partial charge on any atom is -0.324 e. The van der Waals surface area contributed by atoms with Crippen molar-refractivity contribution >= 4 is 17.3 Å². The van der Waals surface area contributed by atoms with E-state index in [1.54, 1.807) is 36.4 Å². The van der Waals surface area contributed by atoms with Crippen molar-refractivity contribution in [1.82, 2.24) is 4.90 Å². The number of amides is 1. The lowest BCUT2D eigenvalue weighted by atomic mass is 9.77. The number of fused-ring (bicyclic) bond motifs is 4. The van der Waals surface area contributed by atoms with Gasteiger partial charge in [-0.25, -0.2) is 0 Å². The van der Waals surface area contributed by atoms with Crippen molar-refractivity contribution in [3.63, 3.8) is 0 Å². The number of anilines is 1. The molecule has 1 amide bonds. The van der Waals surface area contributed by atoms with Crippen molar-refractivity contribution in [2.45, 2.75) is 36.4 Å². The molecule has 3 aliphatic rings. The molecule has 2 aromatic carbocycles. The molecule has 2 aromatic rings. The summed E-state index contributed by atoms with van der Waals surface area (Å²) in [6.07, 6.45) is 1.52. The third-order valence-corrected chi connectivity index (χ3v) is 6.56. The Morgan fingerprint density at radius 2 is 1.90 bits per heavy atom. The molecule has 0 bridgehead atoms. The summed E-state index contributed by atoms with van der Waals surface area (Å²) in [7, 11) is 0. The lowest BCUT2D eigenvalue weighted by molar-refractivity contribution is -0.534. The molecular weight excluding hydrogens is 376 g/mol. The Hall–Kier alpha value is -3.33. The zero-order chi connectivity index (χ0) is 20.3. The van der Waals surface area contributed by atoms with Gasteiger partial charge in [-0.15, -0.1) is 0 Å². The van der Waals surface area contributed by atoms with E-state index in [1.165, 1.54) is 12.1 Å². The number of nitro groups is 2. The monoisotopic (exact) mass is 394 g/mol. The molecule has 3 heterocycles. The Bertz CT molecular complexity index is 1060. The molecule has 3 aliphatic heterocycles. The topological polar surface area (TPSA) is 119 Å². The predicted octanol–water partition coefficient (Wildman–Crippen LogP) is 2.65. The summed E-state index contributed by atoms with van der Waals surface area (Å²) in [4.78, 5) is 38.1. The van der Waals surface area contributed by atoms with Gasteiger partial charge in [-0.3, -0.25) is 29.9 Å². The smallest absolute Gasteiger partial charge is 0.269 e. The van der Waals surface area contributed by atoms with Crippen LogP contribution in [0, 0.1) is 20.2 Å². The number of carbonyl (C=O) groups is 1. The highest BCUT2D eigenvalue weighted by atomic mass is 16.6. The van der Waals surface area contributed by atoms with Gasteiger partial charge in [0.25, 0.3) is 17.6 Å². The van der Waals surface area contributed by atoms with Crippen LogP contribution in [0.4, 0.5) is 11.4 Å². The number of carbonyl (C=O) groups excluding carboxylic acids is 1. The first-order valence-electron chi connectivity index (χ1n) is 9.52. The maximum absolute atomic E-state index is 13.3. The van der Waals surface area contributed by atoms with E-state index in [-0.39, 0.29) is 22.6 Å². The average molecular weight is 394 g/mol. The number of hydrogen-bond acceptors (Lipinski definition) is 6. The molecule has 9 nitrogen and oxygen atoms in total. The number of nitrogens with zero attached hydrogens (tertiary/aromatic N) is 3. The zero-order valence-electron chi connectivity index (χ0n) is 15.4. The maximum atomic E-state index is 13.3. The molecule has 2 fully saturated rings. The maximum Gasteiger partial charge on any atom is 0.269 e. The van der Waals surface area contributed by atoms with Crippen LogP contribution in [0.2, 0.25) is 0 Å². The van der Waals surface area contributed by atoms with Crippen molar-refractivity contribution < 1.29 is 14.6 Å². The van der Waals surface area contributed by atoms with E-state index in [4.69, 9.17) is 0 Å². The molecule has 0 saturated carbocycles. The SMILES string of the molecule is O=C1Nc2ccccc2[C@]12[C@H]([N+](=O)[O-])[C@H](c1cccc([N+](=O)[O-])c1)[C@H]1CCCN12. The largest absolute Gasteiger partial charge is 0.324 e. The summed E-state index contributed by atoms with van der Waals surface area (Å²) in [5, 5.41) is 26.5. The summed E-state index contributed by atoms with van der Waals surface area (Å²) >= 11 is 0. The highest BCUT2D eigenvalue weighted by Crippen LogP contribution is 2.58. The van der Waals surface area contributed by atoms with E-state index in [0.29, 0.717) is 29.8 Å². The second kappa shape index (κ2) is 6.08. The van der Waals surface area contributed by atoms with Crippen LogP contribution in [0.25, 0.3) is 0 Å². The van der Waals surface area contributed by atoms with Crippen LogP contribution in [0.15, 0.2) is 48.5 Å². The number of nitro benzene ring substituents is 1. The first kappa shape index (κ1) is 17.7. The fourth-order valence-electron chi connectivity index (χ4n) is 5.62. The fraction of sp³-hybridized carbons (Fsp3) is 0.350. The number of non-ortho nitro benzene ring substituents is 1. The minimum absolute atomic E-state index is 0.105. The predicted molar refractivity (Wildman–Crippen MR) is 103 cm³/mol. The molecule has 29 heavy (non-hydrogen) atoms. The van der Waals surface area contributed by atoms with Gasteiger partial charge in [-0.1, -0.05) is 30.3 Å². The molecule has 0 unspecified atom stereocenters. The zero-order valence-corrected chi connectivity index (χ0v) is 15.4. The molecule has 4 atom stereocenters. The second-order valence-corrected chi connectivity index (χ2v) is 7.78. The van der Waals surface area contributed by atoms with Gasteiger partial charge >= 0.3 is 0 Å². The van der Waals surface area contributed by atoms with E-state index in [9.17, 15) is 25.0 Å². The molecule has 1 spiro atoms. The number of nitrogens with one attached hydrogen (secondary N) is 1. The van der Waals surface area contributed by atoms with Crippen LogP contribution in [-0.2, 0) is 10.3 Å². The van der Waals surface area contributed by atoms with Gasteiger partial charge in [-0.2, -0.15) is 0 Å². The Labute approximate surface area is 165 Å². The summed E-state index contributed by atoms with van der Waals surface area (Å²) in [5.74, 6) is -1.01. The van der Waals surface area contributed by atoms with E-state index in [2.05, 4.69) is 5.32 Å².